The first-order valence-corrected chi connectivity index (χ1v) is 12.4. The number of halogens is 1. The van der Waals surface area contributed by atoms with Crippen LogP contribution in [0.1, 0.15) is 53.8 Å². The summed E-state index contributed by atoms with van der Waals surface area (Å²) in [5.41, 5.74) is 5.30. The van der Waals surface area contributed by atoms with Gasteiger partial charge in [0, 0.05) is 64.3 Å². The molecule has 3 aromatic heterocycles. The Morgan fingerprint density at radius 1 is 1.30 bits per heavy atom. The molecule has 2 atom stereocenters. The van der Waals surface area contributed by atoms with Crippen molar-refractivity contribution in [2.45, 2.75) is 51.4 Å². The van der Waals surface area contributed by atoms with Crippen LogP contribution in [0.15, 0.2) is 35.0 Å². The molecule has 0 spiro atoms. The van der Waals surface area contributed by atoms with Crippen LogP contribution in [0.2, 0.25) is 5.02 Å². The van der Waals surface area contributed by atoms with Crippen LogP contribution in [0.5, 0.6) is 5.75 Å². The van der Waals surface area contributed by atoms with E-state index in [-0.39, 0.29) is 0 Å². The number of thiophene rings is 1. The van der Waals surface area contributed by atoms with Crippen molar-refractivity contribution in [3.63, 3.8) is 0 Å². The molecule has 1 aromatic carbocycles. The topological polar surface area (TPSA) is 80.4 Å². The van der Waals surface area contributed by atoms with Crippen LogP contribution < -0.4 is 10.1 Å². The zero-order valence-electron chi connectivity index (χ0n) is 18.4. The van der Waals surface area contributed by atoms with Gasteiger partial charge in [-0.3, -0.25) is 4.98 Å². The van der Waals surface area contributed by atoms with Crippen LogP contribution in [0.3, 0.4) is 0 Å². The molecule has 0 saturated carbocycles. The highest BCUT2D eigenvalue weighted by atomic mass is 35.5. The third-order valence-corrected chi connectivity index (χ3v) is 8.09. The van der Waals surface area contributed by atoms with E-state index in [4.69, 9.17) is 20.9 Å². The molecule has 0 radical (unpaired) electrons. The van der Waals surface area contributed by atoms with E-state index >= 15 is 0 Å². The summed E-state index contributed by atoms with van der Waals surface area (Å²) in [7, 11) is 0. The van der Waals surface area contributed by atoms with Crippen molar-refractivity contribution in [1.82, 2.24) is 15.5 Å². The Hall–Kier alpha value is -2.45. The van der Waals surface area contributed by atoms with Gasteiger partial charge in [0.2, 0.25) is 0 Å². The number of nitrogens with zero attached hydrogens (tertiary/aromatic N) is 2. The fourth-order valence-corrected chi connectivity index (χ4v) is 6.40. The Morgan fingerprint density at radius 3 is 3.03 bits per heavy atom. The predicted octanol–water partition coefficient (Wildman–Crippen LogP) is 5.54. The quantitative estimate of drug-likeness (QED) is 0.398. The zero-order valence-corrected chi connectivity index (χ0v) is 20.0. The maximum atomic E-state index is 10.4. The average Bonchev–Trinajstić information content (AvgIpc) is 3.52. The Morgan fingerprint density at radius 2 is 2.18 bits per heavy atom. The number of aromatic nitrogens is 2. The third-order valence-electron chi connectivity index (χ3n) is 6.61. The van der Waals surface area contributed by atoms with Crippen LogP contribution in [0, 0.1) is 0 Å². The van der Waals surface area contributed by atoms with E-state index in [9.17, 15) is 5.11 Å². The van der Waals surface area contributed by atoms with Gasteiger partial charge in [-0.25, -0.2) is 0 Å². The molecule has 170 valence electrons. The monoisotopic (exact) mass is 481 g/mol. The zero-order chi connectivity index (χ0) is 22.7. The molecule has 0 bridgehead atoms. The molecule has 2 aliphatic rings. The number of fused-ring (bicyclic) bond motifs is 3. The van der Waals surface area contributed by atoms with Crippen molar-refractivity contribution in [2.24, 2.45) is 0 Å². The van der Waals surface area contributed by atoms with Gasteiger partial charge in [0.15, 0.2) is 11.4 Å². The third kappa shape index (κ3) is 3.37. The first-order chi connectivity index (χ1) is 16.0. The molecule has 6 nitrogen and oxygen atoms in total. The molecule has 33 heavy (non-hydrogen) atoms. The standard InChI is InChI=1S/C25H24ClN3O3S/c1-3-20(30)21-10-19-23(33-21)15(4-7-28-19)16-9-14(26)8-13-11-25(2,31-22(13)16)24-17-12-27-6-5-18(17)29-32-24/h4,7-10,20,27,30H,3,5-6,11-12H2,1-2H3/t20-,25+/m0/s1. The largest absolute Gasteiger partial charge is 0.478 e. The smallest absolute Gasteiger partial charge is 0.185 e. The molecule has 4 aromatic rings. The van der Waals surface area contributed by atoms with Gasteiger partial charge in [0.1, 0.15) is 5.75 Å². The average molecular weight is 482 g/mol. The lowest BCUT2D eigenvalue weighted by Gasteiger charge is -2.24. The number of hydrogen-bond acceptors (Lipinski definition) is 7. The van der Waals surface area contributed by atoms with Crippen molar-refractivity contribution < 1.29 is 14.4 Å². The SMILES string of the molecule is CC[C@H](O)c1cc2nccc(-c3cc(Cl)cc4c3O[C@@](C)(c3onc5c3CNCC5)C4)c2s1. The second-order valence-electron chi connectivity index (χ2n) is 8.96. The van der Waals surface area contributed by atoms with Crippen molar-refractivity contribution in [3.05, 3.63) is 62.9 Å². The molecule has 0 unspecified atom stereocenters. The van der Waals surface area contributed by atoms with Crippen molar-refractivity contribution in [1.29, 1.82) is 0 Å². The predicted molar refractivity (Wildman–Crippen MR) is 129 cm³/mol. The highest BCUT2D eigenvalue weighted by Gasteiger charge is 2.44. The van der Waals surface area contributed by atoms with E-state index in [1.807, 2.05) is 31.2 Å². The van der Waals surface area contributed by atoms with Crippen LogP contribution in [0.25, 0.3) is 21.3 Å². The normalized spacial score (nSPS) is 20.5. The maximum Gasteiger partial charge on any atom is 0.185 e. The fraction of sp³-hybridized carbons (Fsp3) is 0.360. The summed E-state index contributed by atoms with van der Waals surface area (Å²) in [6, 6.07) is 7.90. The van der Waals surface area contributed by atoms with E-state index in [0.717, 1.165) is 74.1 Å². The molecule has 2 N–H and O–H groups in total. The maximum absolute atomic E-state index is 10.4. The molecule has 0 amide bonds. The lowest BCUT2D eigenvalue weighted by molar-refractivity contribution is 0.0792. The number of nitrogens with one attached hydrogen (secondary N) is 1. The lowest BCUT2D eigenvalue weighted by atomic mass is 9.91. The number of hydrogen-bond donors (Lipinski definition) is 2. The molecule has 0 aliphatic carbocycles. The second-order valence-corrected chi connectivity index (χ2v) is 10.5. The van der Waals surface area contributed by atoms with E-state index < -0.39 is 11.7 Å². The summed E-state index contributed by atoms with van der Waals surface area (Å²) >= 11 is 8.16. The molecule has 0 saturated heterocycles. The van der Waals surface area contributed by atoms with Gasteiger partial charge in [-0.15, -0.1) is 11.3 Å². The van der Waals surface area contributed by atoms with Crippen molar-refractivity contribution in [3.8, 4) is 16.9 Å². The summed E-state index contributed by atoms with van der Waals surface area (Å²) in [6.07, 6.45) is 3.47. The van der Waals surface area contributed by atoms with Gasteiger partial charge in [0.25, 0.3) is 0 Å². The van der Waals surface area contributed by atoms with Crippen LogP contribution >= 0.6 is 22.9 Å². The van der Waals surface area contributed by atoms with E-state index in [0.29, 0.717) is 17.9 Å². The first kappa shape index (κ1) is 21.1. The lowest BCUT2D eigenvalue weighted by Crippen LogP contribution is -2.31. The van der Waals surface area contributed by atoms with Gasteiger partial charge in [-0.05, 0) is 37.6 Å². The van der Waals surface area contributed by atoms with Gasteiger partial charge in [-0.2, -0.15) is 0 Å². The summed E-state index contributed by atoms with van der Waals surface area (Å²) in [5.74, 6) is 1.60. The minimum atomic E-state index is -0.660. The molecule has 5 heterocycles. The summed E-state index contributed by atoms with van der Waals surface area (Å²) < 4.78 is 13.5. The van der Waals surface area contributed by atoms with Crippen molar-refractivity contribution in [2.75, 3.05) is 6.54 Å². The number of benzene rings is 1. The highest BCUT2D eigenvalue weighted by molar-refractivity contribution is 7.19. The van der Waals surface area contributed by atoms with E-state index in [1.54, 1.807) is 17.5 Å². The summed E-state index contributed by atoms with van der Waals surface area (Å²) in [6.45, 7) is 5.67. The van der Waals surface area contributed by atoms with Gasteiger partial charge < -0.3 is 19.7 Å². The Bertz CT molecular complexity index is 1380. The van der Waals surface area contributed by atoms with E-state index in [2.05, 4.69) is 22.4 Å². The van der Waals surface area contributed by atoms with Crippen LogP contribution in [-0.4, -0.2) is 21.8 Å². The van der Waals surface area contributed by atoms with Gasteiger partial charge in [0.05, 0.1) is 22.0 Å². The Kier molecular flexibility index (Phi) is 4.99. The number of ether oxygens (including phenoxy) is 1. The van der Waals surface area contributed by atoms with Crippen molar-refractivity contribution >= 4 is 33.2 Å². The minimum absolute atomic E-state index is 0.493. The fourth-order valence-electron chi connectivity index (χ4n) is 4.94. The summed E-state index contributed by atoms with van der Waals surface area (Å²) in [5, 5.41) is 18.8. The number of aliphatic hydroxyl groups is 1. The first-order valence-electron chi connectivity index (χ1n) is 11.2. The minimum Gasteiger partial charge on any atom is -0.478 e. The molecular formula is C25H24ClN3O3S. The molecule has 0 fully saturated rings. The number of aliphatic hydroxyl groups excluding tert-OH is 1. The van der Waals surface area contributed by atoms with Crippen LogP contribution in [0.4, 0.5) is 0 Å². The highest BCUT2D eigenvalue weighted by Crippen LogP contribution is 2.50. The number of pyridine rings is 1. The van der Waals surface area contributed by atoms with E-state index in [1.165, 1.54) is 0 Å². The molecule has 6 rings (SSSR count). The molecule has 2 aliphatic heterocycles. The van der Waals surface area contributed by atoms with Gasteiger partial charge in [-0.1, -0.05) is 23.7 Å². The number of rotatable bonds is 4. The second kappa shape index (κ2) is 7.81. The van der Waals surface area contributed by atoms with Gasteiger partial charge >= 0.3 is 0 Å². The van der Waals surface area contributed by atoms with Crippen LogP contribution in [-0.2, 0) is 25.0 Å². The Labute approximate surface area is 200 Å². The molecule has 8 heteroatoms. The molecular weight excluding hydrogens is 458 g/mol. The summed E-state index contributed by atoms with van der Waals surface area (Å²) in [4.78, 5) is 5.45. The Balaban J connectivity index is 1.47.